The third-order valence-corrected chi connectivity index (χ3v) is 19.9. The average Bonchev–Trinajstić information content (AvgIpc) is 0.866. The maximum absolute atomic E-state index is 14.4. The molecule has 17 atom stereocenters. The second kappa shape index (κ2) is 62.6. The summed E-state index contributed by atoms with van der Waals surface area (Å²) < 4.78 is 0. The number of carbonyl (C=O) groups excluding carboxylic acids is 16. The molecule has 0 spiro atoms. The summed E-state index contributed by atoms with van der Waals surface area (Å²) in [6.45, 7) is 11.3. The molecule has 0 aliphatic heterocycles. The summed E-state index contributed by atoms with van der Waals surface area (Å²) in [5, 5.41) is 114. The highest BCUT2D eigenvalue weighted by Gasteiger charge is 2.41. The number of nitrogens with two attached hydrogens (primary N) is 5. The molecule has 0 aliphatic rings. The Labute approximate surface area is 749 Å². The summed E-state index contributed by atoms with van der Waals surface area (Å²) in [7, 11) is 0. The third-order valence-electron chi connectivity index (χ3n) is 19.2. The Morgan fingerprint density at radius 3 is 0.899 bits per heavy atom. The molecule has 33 N–H and O–H groups in total. The van der Waals surface area contributed by atoms with E-state index < -0.39 is 310 Å². The predicted octanol–water partition coefficient (Wildman–Crippen LogP) is -8.24. The molecule has 0 rings (SSSR count). The number of rotatable bonds is 69. The van der Waals surface area contributed by atoms with Crippen molar-refractivity contribution in [3.63, 3.8) is 0 Å². The van der Waals surface area contributed by atoms with Gasteiger partial charge in [-0.25, -0.2) is 4.79 Å². The van der Waals surface area contributed by atoms with Crippen LogP contribution in [0.3, 0.4) is 0 Å². The van der Waals surface area contributed by atoms with Crippen molar-refractivity contribution in [2.45, 2.75) is 299 Å². The number of nitrogens with one attached hydrogen (secondary N) is 15. The van der Waals surface area contributed by atoms with Crippen molar-refractivity contribution in [3.05, 3.63) is 0 Å². The molecule has 0 aliphatic carbocycles. The number of hydrogen-bond acceptors (Lipinski definition) is 29. The van der Waals surface area contributed by atoms with Crippen LogP contribution < -0.4 is 108 Å². The van der Waals surface area contributed by atoms with Crippen LogP contribution in [0.25, 0.3) is 0 Å². The zero-order chi connectivity index (χ0) is 98.7. The number of carboxylic acids is 6. The first kappa shape index (κ1) is 117. The van der Waals surface area contributed by atoms with E-state index in [0.29, 0.717) is 25.8 Å². The van der Waals surface area contributed by atoms with E-state index in [9.17, 15) is 146 Å². The van der Waals surface area contributed by atoms with Gasteiger partial charge in [-0.15, -0.1) is 0 Å². The van der Waals surface area contributed by atoms with Crippen LogP contribution in [-0.4, -0.2) is 312 Å². The molecule has 16 amide bonds. The summed E-state index contributed by atoms with van der Waals surface area (Å²) in [6.07, 6.45) is -7.73. The Morgan fingerprint density at radius 2 is 0.566 bits per heavy atom. The minimum Gasteiger partial charge on any atom is -0.481 e. The Hall–Kier alpha value is -11.5. The number of aliphatic carboxylic acids is 6. The maximum Gasteiger partial charge on any atom is 0.326 e. The van der Waals surface area contributed by atoms with Crippen molar-refractivity contribution >= 4 is 142 Å². The lowest BCUT2D eigenvalue weighted by atomic mass is 9.99. The number of thioether (sulfide) groups is 1. The molecule has 0 fully saturated rings. The lowest BCUT2D eigenvalue weighted by Gasteiger charge is -2.28. The van der Waals surface area contributed by atoms with Crippen LogP contribution >= 0.6 is 11.8 Å². The van der Waals surface area contributed by atoms with E-state index in [0.717, 1.165) is 13.8 Å². The number of hydrogen-bond donors (Lipinski definition) is 28. The maximum atomic E-state index is 14.4. The fourth-order valence-corrected chi connectivity index (χ4v) is 12.8. The molecule has 0 bridgehead atoms. The highest BCUT2D eigenvalue weighted by atomic mass is 32.2. The van der Waals surface area contributed by atoms with Crippen LogP contribution in [0, 0.1) is 17.8 Å². The Kier molecular flexibility index (Phi) is 57.0. The highest BCUT2D eigenvalue weighted by Crippen LogP contribution is 2.16. The van der Waals surface area contributed by atoms with Gasteiger partial charge in [-0.2, -0.15) is 11.8 Å². The fraction of sp³-hybridized carbons (Fsp3) is 0.718. The quantitative estimate of drug-likeness (QED) is 0.0252. The number of carbonyl (C=O) groups is 22. The molecule has 0 aromatic rings. The lowest BCUT2D eigenvalue weighted by molar-refractivity contribution is -0.144. The first-order valence-electron chi connectivity index (χ1n) is 42.2. The molecule has 0 aromatic carbocycles. The van der Waals surface area contributed by atoms with Gasteiger partial charge in [0.1, 0.15) is 90.6 Å². The van der Waals surface area contributed by atoms with Crippen molar-refractivity contribution in [2.75, 3.05) is 38.2 Å². The molecule has 51 heteroatoms. The minimum atomic E-state index is -2.26. The monoisotopic (exact) mass is 1860 g/mol. The van der Waals surface area contributed by atoms with E-state index in [1.54, 1.807) is 47.8 Å². The van der Waals surface area contributed by atoms with Crippen LogP contribution in [-0.2, 0) is 105 Å². The smallest absolute Gasteiger partial charge is 0.326 e. The minimum absolute atomic E-state index is 0.0151. The third kappa shape index (κ3) is 49.0. The van der Waals surface area contributed by atoms with Crippen molar-refractivity contribution in [2.24, 2.45) is 46.4 Å². The van der Waals surface area contributed by atoms with Crippen LogP contribution in [0.5, 0.6) is 0 Å². The lowest BCUT2D eigenvalue weighted by Crippen LogP contribution is -2.62. The van der Waals surface area contributed by atoms with E-state index in [1.165, 1.54) is 11.8 Å². The van der Waals surface area contributed by atoms with Crippen LogP contribution in [0.2, 0.25) is 0 Å². The van der Waals surface area contributed by atoms with Crippen LogP contribution in [0.15, 0.2) is 0 Å². The summed E-state index contributed by atoms with van der Waals surface area (Å²) in [5.74, 6) is -29.9. The molecule has 0 unspecified atom stereocenters. The predicted molar refractivity (Wildman–Crippen MR) is 458 cm³/mol. The van der Waals surface area contributed by atoms with E-state index in [1.807, 2.05) is 0 Å². The SMILES string of the molecule is CSCC[C@H](NC(=O)[C@@H](N)CCCCN)C(=O)N[C@H](C(=O)N[C@@H](CCC(=O)O)C(=O)N[C@@H](CCC(=O)O)C(=O)N[C@@H](CC(=O)O)C(=O)N[C@@H](CCCCN)C(=O)N[C@@H](CCC(=O)O)C(=O)N[C@@H](CC(N)=O)C(=O)N[C@@H](C)C(=O)N[C@@H](CC(C)C)C(=O)N[C@@H](CO)C(=O)N[C@@H](CC(C)C)C(=O)N[C@@H](CC(C)C)C(=O)N[C@@H](CC(=O)O)C(=O)N[C@@H](CCCCN)C(=O)O)[C@@H](C)O. The van der Waals surface area contributed by atoms with Gasteiger partial charge in [-0.1, -0.05) is 48.0 Å². The van der Waals surface area contributed by atoms with Crippen molar-refractivity contribution in [1.82, 2.24) is 79.8 Å². The van der Waals surface area contributed by atoms with Gasteiger partial charge in [0.15, 0.2) is 0 Å². The van der Waals surface area contributed by atoms with Crippen LogP contribution in [0.4, 0.5) is 0 Å². The molecule has 0 heterocycles. The highest BCUT2D eigenvalue weighted by molar-refractivity contribution is 7.98. The first-order valence-corrected chi connectivity index (χ1v) is 43.6. The van der Waals surface area contributed by atoms with Gasteiger partial charge in [0.25, 0.3) is 0 Å². The first-order chi connectivity index (χ1) is 60.4. The Balaban J connectivity index is 7.14. The number of aliphatic hydroxyl groups is 2. The van der Waals surface area contributed by atoms with Gasteiger partial charge in [0.2, 0.25) is 94.5 Å². The van der Waals surface area contributed by atoms with Crippen LogP contribution in [0.1, 0.15) is 197 Å². The molecule has 0 saturated heterocycles. The van der Waals surface area contributed by atoms with Gasteiger partial charge in [0, 0.05) is 19.3 Å². The van der Waals surface area contributed by atoms with E-state index in [4.69, 9.17) is 28.7 Å². The number of unbranched alkanes of at least 4 members (excludes halogenated alkanes) is 3. The number of aliphatic hydroxyl groups excluding tert-OH is 2. The van der Waals surface area contributed by atoms with E-state index in [-0.39, 0.29) is 88.5 Å². The van der Waals surface area contributed by atoms with Gasteiger partial charge in [0.05, 0.1) is 38.0 Å². The van der Waals surface area contributed by atoms with Gasteiger partial charge in [-0.3, -0.25) is 101 Å². The normalized spacial score (nSPS) is 15.1. The zero-order valence-electron chi connectivity index (χ0n) is 74.0. The molecular weight excluding hydrogens is 1730 g/mol. The summed E-state index contributed by atoms with van der Waals surface area (Å²) in [5.41, 5.74) is 28.3. The Bertz CT molecular complexity index is 3790. The Morgan fingerprint density at radius 1 is 0.295 bits per heavy atom. The second-order valence-electron chi connectivity index (χ2n) is 32.1. The van der Waals surface area contributed by atoms with Gasteiger partial charge >= 0.3 is 35.8 Å². The largest absolute Gasteiger partial charge is 0.481 e. The summed E-state index contributed by atoms with van der Waals surface area (Å²) in [6, 6.07) is -28.2. The topological polar surface area (TPSA) is 848 Å². The molecule has 0 radical (unpaired) electrons. The average molecular weight is 1860 g/mol. The van der Waals surface area contributed by atoms with Crippen molar-refractivity contribution < 1.29 is 146 Å². The fourth-order valence-electron chi connectivity index (χ4n) is 12.3. The molecule has 0 saturated carbocycles. The molecule has 50 nitrogen and oxygen atoms in total. The number of carboxylic acid groups (broad SMARTS) is 6. The molecular formula is C78H134N20O30S. The van der Waals surface area contributed by atoms with Crippen molar-refractivity contribution in [1.29, 1.82) is 0 Å². The second-order valence-corrected chi connectivity index (χ2v) is 33.1. The molecule has 129 heavy (non-hydrogen) atoms. The zero-order valence-corrected chi connectivity index (χ0v) is 74.8. The van der Waals surface area contributed by atoms with Gasteiger partial charge < -0.3 is 149 Å². The molecule has 732 valence electrons. The number of primary amides is 1. The van der Waals surface area contributed by atoms with E-state index >= 15 is 0 Å². The summed E-state index contributed by atoms with van der Waals surface area (Å²) in [4.78, 5) is 294. The summed E-state index contributed by atoms with van der Waals surface area (Å²) >= 11 is 1.28. The van der Waals surface area contributed by atoms with E-state index in [2.05, 4.69) is 79.8 Å². The number of amides is 16. The molecule has 0 aromatic heterocycles. The van der Waals surface area contributed by atoms with Gasteiger partial charge in [-0.05, 0) is 160 Å². The standard InChI is InChI=1S/C78H134N20O30S/c1-37(2)30-49(73(122)97-55(36-99)76(125)93-51(32-39(5)6)71(120)92-50(31-38(3)4)72(121)96-54(35-61(110)111)75(124)90-48(78(127)128)18-12-15-28-81)91-63(112)40(7)84-70(119)52(33-56(83)101)94-67(116)44(19-22-57(102)103)87-65(114)43(17-11-14-27-80)86-74(123)53(34-60(108)109)95-68(117)45(20-23-58(104)105)88-66(115)46(21-24-59(106)107)89-77(126)62(41(8)100)98-69(118)47(25-29-129-9)85-64(113)42(82)16-10-13-26-79/h37-55,62,99-100H,10-36,79-82H2,1-9H3,(H2,83,101)(H,84,119)(H,85,113)(H,86,123)(H,87,114)(H,88,115)(H,89,126)(H,90,124)(H,91,112)(H,92,120)(H,93,125)(H,94,116)(H,95,117)(H,96,121)(H,97,122)(H,98,118)(H,102,103)(H,104,105)(H,106,107)(H,108,109)(H,110,111)(H,127,128)/t40-,41+,42-,43-,44-,45-,46-,47-,48-,49-,50-,51-,52-,53-,54-,55-,62-/m0/s1. The van der Waals surface area contributed by atoms with Crippen molar-refractivity contribution in [3.8, 4) is 0 Å².